The minimum absolute atomic E-state index is 0.0835. The summed E-state index contributed by atoms with van der Waals surface area (Å²) in [5, 5.41) is 0.209. The fourth-order valence-electron chi connectivity index (χ4n) is 3.27. The summed E-state index contributed by atoms with van der Waals surface area (Å²) in [6, 6.07) is 0. The summed E-state index contributed by atoms with van der Waals surface area (Å²) >= 11 is 0. The van der Waals surface area contributed by atoms with Crippen molar-refractivity contribution in [2.45, 2.75) is 103 Å². The van der Waals surface area contributed by atoms with E-state index in [-0.39, 0.29) is 10.1 Å². The summed E-state index contributed by atoms with van der Waals surface area (Å²) in [4.78, 5) is 8.87. The molecule has 1 heterocycles. The zero-order chi connectivity index (χ0) is 22.5. The van der Waals surface area contributed by atoms with E-state index >= 15 is 0 Å². The van der Waals surface area contributed by atoms with Crippen LogP contribution in [0.1, 0.15) is 61.3 Å². The van der Waals surface area contributed by atoms with Gasteiger partial charge in [0.25, 0.3) is 0 Å². The normalized spacial score (nSPS) is 26.6. The van der Waals surface area contributed by atoms with Gasteiger partial charge in [-0.25, -0.2) is 4.89 Å². The number of likely N-dealkylation sites (N-methyl/N-ethyl adjacent to an activating group) is 1. The average molecular weight is 440 g/mol. The lowest BCUT2D eigenvalue weighted by atomic mass is 9.81. The third-order valence-corrected chi connectivity index (χ3v) is 15.9. The van der Waals surface area contributed by atoms with Crippen LogP contribution in [0.15, 0.2) is 23.6 Å². The Kier molecular flexibility index (Phi) is 6.68. The van der Waals surface area contributed by atoms with Gasteiger partial charge < -0.3 is 9.33 Å². The van der Waals surface area contributed by atoms with Gasteiger partial charge in [0.15, 0.2) is 5.60 Å². The van der Waals surface area contributed by atoms with Crippen LogP contribution in [0, 0.1) is 5.92 Å². The molecule has 2 aliphatic rings. The SMILES string of the molecule is C[C@@H]1C=C(O[Si](C)(C)C(C)(C)C)[C@]2(OO[Si](C)(C)C(C)(C)C)CCCN(C)C2=C1. The van der Waals surface area contributed by atoms with Crippen molar-refractivity contribution in [1.82, 2.24) is 4.90 Å². The highest BCUT2D eigenvalue weighted by Gasteiger charge is 2.53. The van der Waals surface area contributed by atoms with Crippen LogP contribution in [0.25, 0.3) is 0 Å². The van der Waals surface area contributed by atoms with Crippen LogP contribution in [-0.4, -0.2) is 40.7 Å². The number of hydrogen-bond acceptors (Lipinski definition) is 4. The zero-order valence-electron chi connectivity index (χ0n) is 21.0. The van der Waals surface area contributed by atoms with Crippen molar-refractivity contribution in [3.05, 3.63) is 23.6 Å². The Morgan fingerprint density at radius 3 is 2.03 bits per heavy atom. The fourth-order valence-corrected chi connectivity index (χ4v) is 4.96. The van der Waals surface area contributed by atoms with Crippen LogP contribution >= 0.6 is 0 Å². The molecule has 1 aliphatic heterocycles. The van der Waals surface area contributed by atoms with E-state index in [0.29, 0.717) is 5.92 Å². The van der Waals surface area contributed by atoms with E-state index in [9.17, 15) is 0 Å². The quantitative estimate of drug-likeness (QED) is 0.266. The van der Waals surface area contributed by atoms with Gasteiger partial charge in [0.2, 0.25) is 16.6 Å². The average Bonchev–Trinajstić information content (AvgIpc) is 2.52. The van der Waals surface area contributed by atoms with Gasteiger partial charge in [-0.3, -0.25) is 4.58 Å². The predicted octanol–water partition coefficient (Wildman–Crippen LogP) is 6.84. The number of piperidine rings is 1. The summed E-state index contributed by atoms with van der Waals surface area (Å²) in [7, 11) is -1.93. The van der Waals surface area contributed by atoms with Gasteiger partial charge in [0.1, 0.15) is 5.76 Å². The smallest absolute Gasteiger partial charge is 0.250 e. The van der Waals surface area contributed by atoms with Gasteiger partial charge in [-0.1, -0.05) is 54.5 Å². The van der Waals surface area contributed by atoms with E-state index in [4.69, 9.17) is 13.9 Å². The number of rotatable bonds is 5. The topological polar surface area (TPSA) is 30.9 Å². The van der Waals surface area contributed by atoms with E-state index in [1.165, 1.54) is 5.70 Å². The molecule has 0 aromatic heterocycles. The molecule has 0 unspecified atom stereocenters. The van der Waals surface area contributed by atoms with Crippen molar-refractivity contribution in [3.63, 3.8) is 0 Å². The summed E-state index contributed by atoms with van der Waals surface area (Å²) in [6.07, 6.45) is 6.54. The minimum atomic E-state index is -2.07. The fraction of sp³-hybridized carbons (Fsp3) is 0.826. The first kappa shape index (κ1) is 24.7. The molecule has 0 N–H and O–H groups in total. The highest BCUT2D eigenvalue weighted by molar-refractivity contribution is 6.74. The third kappa shape index (κ3) is 4.86. The molecule has 29 heavy (non-hydrogen) atoms. The Morgan fingerprint density at radius 1 is 0.966 bits per heavy atom. The highest BCUT2D eigenvalue weighted by atomic mass is 28.4. The molecule has 1 fully saturated rings. The molecular formula is C23H45NO3Si2. The molecule has 0 saturated carbocycles. The van der Waals surface area contributed by atoms with Crippen molar-refractivity contribution >= 4 is 16.6 Å². The molecule has 0 radical (unpaired) electrons. The summed E-state index contributed by atoms with van der Waals surface area (Å²) in [6.45, 7) is 26.0. The minimum Gasteiger partial charge on any atom is -0.544 e. The first-order valence-electron chi connectivity index (χ1n) is 11.1. The monoisotopic (exact) mass is 439 g/mol. The van der Waals surface area contributed by atoms with Crippen molar-refractivity contribution < 1.29 is 13.9 Å². The van der Waals surface area contributed by atoms with Crippen molar-refractivity contribution in [2.75, 3.05) is 13.6 Å². The molecule has 0 aromatic rings. The zero-order valence-corrected chi connectivity index (χ0v) is 23.0. The number of nitrogens with zero attached hydrogens (tertiary/aromatic N) is 1. The molecule has 2 atom stereocenters. The van der Waals surface area contributed by atoms with Crippen molar-refractivity contribution in [1.29, 1.82) is 0 Å². The second-order valence-corrected chi connectivity index (χ2v) is 21.5. The Hall–Kier alpha value is -0.566. The first-order chi connectivity index (χ1) is 12.9. The maximum atomic E-state index is 6.93. The molecular weight excluding hydrogens is 394 g/mol. The summed E-state index contributed by atoms with van der Waals surface area (Å²) < 4.78 is 13.3. The molecule has 2 rings (SSSR count). The van der Waals surface area contributed by atoms with Crippen LogP contribution in [0.4, 0.5) is 0 Å². The second-order valence-electron chi connectivity index (χ2n) is 12.1. The lowest BCUT2D eigenvalue weighted by molar-refractivity contribution is -0.296. The lowest BCUT2D eigenvalue weighted by Crippen LogP contribution is -2.55. The molecule has 1 aliphatic carbocycles. The summed E-state index contributed by atoms with van der Waals surface area (Å²) in [5.74, 6) is 1.29. The molecule has 0 amide bonds. The number of allylic oxidation sites excluding steroid dienone is 2. The standard InChI is InChI=1S/C23H45NO3Si2/c1-18-16-19-23(14-13-15-24(19)8,26-27-29(11,12)22(5,6)7)20(17-18)25-28(9,10)21(2,3)4/h16-18H,13-15H2,1-12H3/t18-,23-/m0/s1. The van der Waals surface area contributed by atoms with E-state index in [0.717, 1.165) is 25.1 Å². The van der Waals surface area contributed by atoms with Gasteiger partial charge in [0.05, 0.1) is 5.70 Å². The predicted molar refractivity (Wildman–Crippen MR) is 128 cm³/mol. The van der Waals surface area contributed by atoms with Gasteiger partial charge in [-0.05, 0) is 61.1 Å². The van der Waals surface area contributed by atoms with E-state index < -0.39 is 22.2 Å². The largest absolute Gasteiger partial charge is 0.544 e. The van der Waals surface area contributed by atoms with Crippen LogP contribution in [-0.2, 0) is 13.9 Å². The van der Waals surface area contributed by atoms with Crippen LogP contribution in [0.2, 0.25) is 36.3 Å². The molecule has 0 spiro atoms. The maximum Gasteiger partial charge on any atom is 0.250 e. The van der Waals surface area contributed by atoms with E-state index in [1.807, 2.05) is 0 Å². The lowest BCUT2D eigenvalue weighted by Gasteiger charge is -2.50. The molecule has 0 bridgehead atoms. The van der Waals surface area contributed by atoms with Crippen LogP contribution in [0.3, 0.4) is 0 Å². The Balaban J connectivity index is 2.47. The maximum absolute atomic E-state index is 6.93. The van der Waals surface area contributed by atoms with E-state index in [2.05, 4.69) is 98.8 Å². The van der Waals surface area contributed by atoms with Crippen LogP contribution in [0.5, 0.6) is 0 Å². The Labute approximate surface area is 181 Å². The van der Waals surface area contributed by atoms with Gasteiger partial charge in [-0.2, -0.15) is 0 Å². The van der Waals surface area contributed by atoms with Gasteiger partial charge >= 0.3 is 0 Å². The first-order valence-corrected chi connectivity index (χ1v) is 17.0. The molecule has 4 nitrogen and oxygen atoms in total. The molecule has 1 saturated heterocycles. The second kappa shape index (κ2) is 7.84. The number of hydrogen-bond donors (Lipinski definition) is 0. The highest BCUT2D eigenvalue weighted by Crippen LogP contribution is 2.49. The number of fused-ring (bicyclic) bond motifs is 1. The molecule has 6 heteroatoms. The third-order valence-electron chi connectivity index (χ3n) is 7.45. The Bertz CT molecular complexity index is 671. The molecule has 0 aromatic carbocycles. The van der Waals surface area contributed by atoms with Crippen molar-refractivity contribution in [2.24, 2.45) is 5.92 Å². The summed E-state index contributed by atoms with van der Waals surface area (Å²) in [5.41, 5.74) is 0.566. The Morgan fingerprint density at radius 2 is 1.52 bits per heavy atom. The van der Waals surface area contributed by atoms with Crippen LogP contribution < -0.4 is 0 Å². The number of likely N-dealkylation sites (tertiary alicyclic amines) is 1. The van der Waals surface area contributed by atoms with Gasteiger partial charge in [-0.15, -0.1) is 0 Å². The van der Waals surface area contributed by atoms with E-state index in [1.54, 1.807) is 0 Å². The molecule has 168 valence electrons. The van der Waals surface area contributed by atoms with Crippen molar-refractivity contribution in [3.8, 4) is 0 Å². The van der Waals surface area contributed by atoms with Gasteiger partial charge in [0, 0.05) is 13.6 Å².